The summed E-state index contributed by atoms with van der Waals surface area (Å²) in [7, 11) is 4.37. The summed E-state index contributed by atoms with van der Waals surface area (Å²) in [5.41, 5.74) is -0.828. The number of ether oxygens (including phenoxy) is 3. The van der Waals surface area contributed by atoms with Crippen molar-refractivity contribution >= 4 is 17.5 Å². The van der Waals surface area contributed by atoms with Crippen molar-refractivity contribution in [3.8, 4) is 17.2 Å². The Balaban J connectivity index is 1.67. The first-order valence-electron chi connectivity index (χ1n) is 10.3. The average Bonchev–Trinajstić information content (AvgIpc) is 2.82. The summed E-state index contributed by atoms with van der Waals surface area (Å²) in [4.78, 5) is 27.2. The molecular weight excluding hydrogens is 441 g/mol. The number of carbonyl (C=O) groups excluding carboxylic acids is 2. The van der Waals surface area contributed by atoms with Crippen LogP contribution in [0.4, 0.5) is 18.9 Å². The monoisotopic (exact) mass is 466 g/mol. The van der Waals surface area contributed by atoms with Gasteiger partial charge in [-0.3, -0.25) is 9.59 Å². The maximum Gasteiger partial charge on any atom is 0.418 e. The zero-order valence-corrected chi connectivity index (χ0v) is 18.5. The summed E-state index contributed by atoms with van der Waals surface area (Å²) in [5.74, 6) is -0.209. The van der Waals surface area contributed by atoms with E-state index < -0.39 is 23.6 Å². The molecule has 10 heteroatoms. The second-order valence-corrected chi connectivity index (χ2v) is 7.51. The van der Waals surface area contributed by atoms with Crippen LogP contribution in [0.3, 0.4) is 0 Å². The molecule has 7 nitrogen and oxygen atoms in total. The normalized spacial score (nSPS) is 14.5. The van der Waals surface area contributed by atoms with Crippen molar-refractivity contribution in [2.24, 2.45) is 5.92 Å². The Morgan fingerprint density at radius 3 is 2.06 bits per heavy atom. The first-order valence-corrected chi connectivity index (χ1v) is 10.3. The molecule has 0 unspecified atom stereocenters. The molecule has 3 rings (SSSR count). The summed E-state index contributed by atoms with van der Waals surface area (Å²) >= 11 is 0. The number of anilines is 1. The standard InChI is InChI=1S/C23H25F3N2O5/c1-31-18-12-15(13-19(32-2)20(18)33-3)22(30)28-10-8-14(9-11-28)21(29)27-17-7-5-4-6-16(17)23(24,25)26/h4-7,12-14H,8-11H2,1-3H3,(H,27,29). The number of hydrogen-bond donors (Lipinski definition) is 1. The van der Waals surface area contributed by atoms with Crippen LogP contribution in [0.1, 0.15) is 28.8 Å². The second kappa shape index (κ2) is 10.0. The number of alkyl halides is 3. The minimum atomic E-state index is -4.57. The van der Waals surface area contributed by atoms with Gasteiger partial charge in [-0.15, -0.1) is 0 Å². The molecule has 1 saturated heterocycles. The Morgan fingerprint density at radius 2 is 1.55 bits per heavy atom. The van der Waals surface area contributed by atoms with Crippen LogP contribution in [0, 0.1) is 5.92 Å². The maximum atomic E-state index is 13.2. The van der Waals surface area contributed by atoms with E-state index in [-0.39, 0.29) is 24.7 Å². The van der Waals surface area contributed by atoms with Crippen LogP contribution < -0.4 is 19.5 Å². The number of rotatable bonds is 6. The fourth-order valence-corrected chi connectivity index (χ4v) is 3.81. The summed E-state index contributed by atoms with van der Waals surface area (Å²) < 4.78 is 55.4. The van der Waals surface area contributed by atoms with E-state index in [1.54, 1.807) is 17.0 Å². The van der Waals surface area contributed by atoms with Gasteiger partial charge in [0, 0.05) is 24.6 Å². The molecule has 33 heavy (non-hydrogen) atoms. The van der Waals surface area contributed by atoms with Gasteiger partial charge in [0.1, 0.15) is 0 Å². The molecule has 1 aliphatic rings. The molecule has 2 aromatic carbocycles. The maximum absolute atomic E-state index is 13.2. The molecule has 2 aromatic rings. The van der Waals surface area contributed by atoms with Gasteiger partial charge >= 0.3 is 6.18 Å². The van der Waals surface area contributed by atoms with Crippen LogP contribution in [-0.2, 0) is 11.0 Å². The Bertz CT molecular complexity index is 992. The number of para-hydroxylation sites is 1. The molecule has 0 bridgehead atoms. The highest BCUT2D eigenvalue weighted by molar-refractivity contribution is 5.96. The lowest BCUT2D eigenvalue weighted by molar-refractivity contribution is -0.137. The van der Waals surface area contributed by atoms with Crippen LogP contribution >= 0.6 is 0 Å². The fraction of sp³-hybridized carbons (Fsp3) is 0.391. The van der Waals surface area contributed by atoms with Crippen molar-refractivity contribution < 1.29 is 37.0 Å². The molecule has 1 N–H and O–H groups in total. The number of likely N-dealkylation sites (tertiary alicyclic amines) is 1. The van der Waals surface area contributed by atoms with Gasteiger partial charge in [0.2, 0.25) is 11.7 Å². The number of nitrogens with zero attached hydrogens (tertiary/aromatic N) is 1. The van der Waals surface area contributed by atoms with Crippen molar-refractivity contribution in [1.82, 2.24) is 4.90 Å². The Morgan fingerprint density at radius 1 is 0.970 bits per heavy atom. The quantitative estimate of drug-likeness (QED) is 0.690. The summed E-state index contributed by atoms with van der Waals surface area (Å²) in [6.45, 7) is 0.572. The third kappa shape index (κ3) is 5.32. The molecule has 1 heterocycles. The molecule has 0 atom stereocenters. The average molecular weight is 466 g/mol. The van der Waals surface area contributed by atoms with Crippen molar-refractivity contribution in [2.45, 2.75) is 19.0 Å². The molecule has 0 saturated carbocycles. The van der Waals surface area contributed by atoms with Gasteiger partial charge in [-0.1, -0.05) is 12.1 Å². The predicted molar refractivity (Wildman–Crippen MR) is 115 cm³/mol. The van der Waals surface area contributed by atoms with Crippen LogP contribution in [-0.4, -0.2) is 51.1 Å². The first kappa shape index (κ1) is 24.2. The number of halogens is 3. The molecule has 0 spiro atoms. The number of nitrogens with one attached hydrogen (secondary N) is 1. The van der Waals surface area contributed by atoms with Gasteiger partial charge in [0.05, 0.1) is 32.6 Å². The Hall–Kier alpha value is -3.43. The van der Waals surface area contributed by atoms with Crippen molar-refractivity contribution in [1.29, 1.82) is 0 Å². The molecule has 1 aliphatic heterocycles. The number of carbonyl (C=O) groups is 2. The van der Waals surface area contributed by atoms with E-state index in [0.29, 0.717) is 35.7 Å². The van der Waals surface area contributed by atoms with Gasteiger partial charge < -0.3 is 24.4 Å². The van der Waals surface area contributed by atoms with Gasteiger partial charge in [0.25, 0.3) is 5.91 Å². The Labute approximate surface area is 189 Å². The number of piperidine rings is 1. The number of methoxy groups -OCH3 is 3. The minimum absolute atomic E-state index is 0.268. The Kier molecular flexibility index (Phi) is 7.35. The summed E-state index contributed by atoms with van der Waals surface area (Å²) in [5, 5.41) is 2.40. The molecule has 0 radical (unpaired) electrons. The van der Waals surface area contributed by atoms with Crippen LogP contribution in [0.2, 0.25) is 0 Å². The molecule has 2 amide bonds. The molecule has 0 aliphatic carbocycles. The molecule has 178 valence electrons. The predicted octanol–water partition coefficient (Wildman–Crippen LogP) is 4.22. The third-order valence-corrected chi connectivity index (χ3v) is 5.55. The van der Waals surface area contributed by atoms with Crippen LogP contribution in [0.5, 0.6) is 17.2 Å². The molecule has 0 aromatic heterocycles. The highest BCUT2D eigenvalue weighted by atomic mass is 19.4. The lowest BCUT2D eigenvalue weighted by atomic mass is 9.95. The van der Waals surface area contributed by atoms with E-state index in [0.717, 1.165) is 6.07 Å². The van der Waals surface area contributed by atoms with E-state index in [4.69, 9.17) is 14.2 Å². The number of benzene rings is 2. The second-order valence-electron chi connectivity index (χ2n) is 7.51. The lowest BCUT2D eigenvalue weighted by Crippen LogP contribution is -2.41. The summed E-state index contributed by atoms with van der Waals surface area (Å²) in [6, 6.07) is 7.96. The zero-order valence-electron chi connectivity index (χ0n) is 18.5. The van der Waals surface area contributed by atoms with Gasteiger partial charge in [0.15, 0.2) is 11.5 Å². The van der Waals surface area contributed by atoms with Crippen molar-refractivity contribution in [3.63, 3.8) is 0 Å². The highest BCUT2D eigenvalue weighted by Crippen LogP contribution is 2.39. The highest BCUT2D eigenvalue weighted by Gasteiger charge is 2.35. The van der Waals surface area contributed by atoms with Gasteiger partial charge in [-0.05, 0) is 37.1 Å². The van der Waals surface area contributed by atoms with Crippen LogP contribution in [0.15, 0.2) is 36.4 Å². The zero-order chi connectivity index (χ0) is 24.2. The summed E-state index contributed by atoms with van der Waals surface area (Å²) in [6.07, 6.45) is -3.91. The van der Waals surface area contributed by atoms with Crippen LogP contribution in [0.25, 0.3) is 0 Å². The van der Waals surface area contributed by atoms with Crippen molar-refractivity contribution in [3.05, 3.63) is 47.5 Å². The van der Waals surface area contributed by atoms with E-state index in [1.807, 2.05) is 0 Å². The lowest BCUT2D eigenvalue weighted by Gasteiger charge is -2.31. The molecular formula is C23H25F3N2O5. The van der Waals surface area contributed by atoms with Gasteiger partial charge in [-0.2, -0.15) is 13.2 Å². The third-order valence-electron chi connectivity index (χ3n) is 5.55. The van der Waals surface area contributed by atoms with E-state index >= 15 is 0 Å². The van der Waals surface area contributed by atoms with E-state index in [2.05, 4.69) is 5.32 Å². The van der Waals surface area contributed by atoms with E-state index in [9.17, 15) is 22.8 Å². The largest absolute Gasteiger partial charge is 0.493 e. The number of amides is 2. The number of hydrogen-bond acceptors (Lipinski definition) is 5. The SMILES string of the molecule is COc1cc(C(=O)N2CCC(C(=O)Nc3ccccc3C(F)(F)F)CC2)cc(OC)c1OC. The first-order chi connectivity index (χ1) is 15.7. The molecule has 1 fully saturated rings. The van der Waals surface area contributed by atoms with Gasteiger partial charge in [-0.25, -0.2) is 0 Å². The minimum Gasteiger partial charge on any atom is -0.493 e. The fourth-order valence-electron chi connectivity index (χ4n) is 3.81. The van der Waals surface area contributed by atoms with Crippen molar-refractivity contribution in [2.75, 3.05) is 39.7 Å². The smallest absolute Gasteiger partial charge is 0.418 e. The topological polar surface area (TPSA) is 77.1 Å². The van der Waals surface area contributed by atoms with E-state index in [1.165, 1.54) is 39.5 Å².